The van der Waals surface area contributed by atoms with Crippen molar-refractivity contribution in [1.82, 2.24) is 10.3 Å². The van der Waals surface area contributed by atoms with Crippen molar-refractivity contribution >= 4 is 17.5 Å². The van der Waals surface area contributed by atoms with Gasteiger partial charge in [0, 0.05) is 35.3 Å². The Balaban J connectivity index is 1.59. The number of rotatable bonds is 10. The highest BCUT2D eigenvalue weighted by atomic mass is 16.5. The molecule has 1 heterocycles. The fourth-order valence-corrected chi connectivity index (χ4v) is 2.96. The summed E-state index contributed by atoms with van der Waals surface area (Å²) in [6.45, 7) is 0.0774. The van der Waals surface area contributed by atoms with E-state index >= 15 is 0 Å². The number of carbonyl (C=O) groups excluding carboxylic acids is 2. The summed E-state index contributed by atoms with van der Waals surface area (Å²) in [7, 11) is 4.53. The Morgan fingerprint density at radius 1 is 0.879 bits per heavy atom. The van der Waals surface area contributed by atoms with E-state index in [1.807, 2.05) is 12.1 Å². The Kier molecular flexibility index (Phi) is 8.07. The zero-order valence-corrected chi connectivity index (χ0v) is 18.6. The number of benzene rings is 2. The number of hydrogen-bond acceptors (Lipinski definition) is 7. The van der Waals surface area contributed by atoms with Crippen LogP contribution in [0.5, 0.6) is 23.0 Å². The van der Waals surface area contributed by atoms with E-state index in [1.54, 1.807) is 48.8 Å². The van der Waals surface area contributed by atoms with Gasteiger partial charge in [0.25, 0.3) is 5.91 Å². The van der Waals surface area contributed by atoms with Gasteiger partial charge in [-0.05, 0) is 36.4 Å². The molecule has 0 aliphatic carbocycles. The van der Waals surface area contributed by atoms with Crippen LogP contribution in [-0.4, -0.2) is 44.7 Å². The van der Waals surface area contributed by atoms with Crippen LogP contribution in [0.25, 0.3) is 0 Å². The molecule has 2 N–H and O–H groups in total. The minimum absolute atomic E-state index is 0.217. The quantitative estimate of drug-likeness (QED) is 0.488. The molecular formula is C24H25N3O6. The molecule has 0 aliphatic rings. The molecule has 0 atom stereocenters. The van der Waals surface area contributed by atoms with Crippen molar-refractivity contribution in [1.29, 1.82) is 0 Å². The lowest BCUT2D eigenvalue weighted by Crippen LogP contribution is -2.32. The van der Waals surface area contributed by atoms with Gasteiger partial charge in [-0.1, -0.05) is 6.07 Å². The largest absolute Gasteiger partial charge is 0.493 e. The SMILES string of the molecule is COc1ccc(C(=O)NCC(=O)Nc2ccc(OC)c(OCc3cccnc3)c2)cc1OC. The highest BCUT2D eigenvalue weighted by molar-refractivity contribution is 5.99. The van der Waals surface area contributed by atoms with Crippen LogP contribution in [0.4, 0.5) is 5.69 Å². The van der Waals surface area contributed by atoms with Crippen molar-refractivity contribution < 1.29 is 28.5 Å². The van der Waals surface area contributed by atoms with E-state index in [4.69, 9.17) is 18.9 Å². The standard InChI is InChI=1S/C24H25N3O6/c1-30-19-8-6-17(11-21(19)32-3)24(29)26-14-23(28)27-18-7-9-20(31-2)22(12-18)33-15-16-5-4-10-25-13-16/h4-13H,14-15H2,1-3H3,(H,26,29)(H,27,28). The summed E-state index contributed by atoms with van der Waals surface area (Å²) in [5.41, 5.74) is 1.74. The van der Waals surface area contributed by atoms with Gasteiger partial charge >= 0.3 is 0 Å². The average Bonchev–Trinajstić information content (AvgIpc) is 2.86. The van der Waals surface area contributed by atoms with Gasteiger partial charge in [0.2, 0.25) is 5.91 Å². The molecule has 1 aromatic heterocycles. The fraction of sp³-hybridized carbons (Fsp3) is 0.208. The maximum Gasteiger partial charge on any atom is 0.251 e. The van der Waals surface area contributed by atoms with Crippen LogP contribution in [0.15, 0.2) is 60.9 Å². The number of pyridine rings is 1. The number of nitrogens with one attached hydrogen (secondary N) is 2. The molecule has 2 aromatic carbocycles. The van der Waals surface area contributed by atoms with E-state index in [1.165, 1.54) is 21.3 Å². The van der Waals surface area contributed by atoms with Gasteiger partial charge in [-0.3, -0.25) is 14.6 Å². The Morgan fingerprint density at radius 2 is 1.61 bits per heavy atom. The summed E-state index contributed by atoms with van der Waals surface area (Å²) in [5, 5.41) is 5.31. The minimum Gasteiger partial charge on any atom is -0.493 e. The zero-order valence-electron chi connectivity index (χ0n) is 18.6. The lowest BCUT2D eigenvalue weighted by atomic mass is 10.2. The molecule has 0 spiro atoms. The molecule has 172 valence electrons. The Morgan fingerprint density at radius 3 is 2.30 bits per heavy atom. The van der Waals surface area contributed by atoms with Crippen LogP contribution < -0.4 is 29.6 Å². The van der Waals surface area contributed by atoms with E-state index in [-0.39, 0.29) is 6.54 Å². The molecular weight excluding hydrogens is 426 g/mol. The van der Waals surface area contributed by atoms with E-state index in [0.29, 0.717) is 40.9 Å². The Hall–Kier alpha value is -4.27. The summed E-state index contributed by atoms with van der Waals surface area (Å²) in [6, 6.07) is 13.5. The number of ether oxygens (including phenoxy) is 4. The fourth-order valence-electron chi connectivity index (χ4n) is 2.96. The molecule has 0 fully saturated rings. The highest BCUT2D eigenvalue weighted by Gasteiger charge is 2.13. The number of nitrogens with zero attached hydrogens (tertiary/aromatic N) is 1. The van der Waals surface area contributed by atoms with Crippen molar-refractivity contribution in [3.8, 4) is 23.0 Å². The first-order chi connectivity index (χ1) is 16.0. The van der Waals surface area contributed by atoms with E-state index < -0.39 is 11.8 Å². The third-order valence-corrected chi connectivity index (χ3v) is 4.62. The average molecular weight is 451 g/mol. The summed E-state index contributed by atoms with van der Waals surface area (Å²) in [5.74, 6) is 1.11. The van der Waals surface area contributed by atoms with Gasteiger partial charge in [-0.25, -0.2) is 0 Å². The molecule has 9 heteroatoms. The predicted molar refractivity (Wildman–Crippen MR) is 122 cm³/mol. The smallest absolute Gasteiger partial charge is 0.251 e. The number of aromatic nitrogens is 1. The molecule has 0 radical (unpaired) electrons. The minimum atomic E-state index is -0.415. The predicted octanol–water partition coefficient (Wildman–Crippen LogP) is 3.05. The maximum atomic E-state index is 12.4. The number of carbonyl (C=O) groups is 2. The Labute approximate surface area is 191 Å². The number of anilines is 1. The summed E-state index contributed by atoms with van der Waals surface area (Å²) >= 11 is 0. The number of hydrogen-bond donors (Lipinski definition) is 2. The topological polar surface area (TPSA) is 108 Å². The first-order valence-corrected chi connectivity index (χ1v) is 10.0. The molecule has 0 saturated heterocycles. The first kappa shape index (κ1) is 23.4. The van der Waals surface area contributed by atoms with Crippen molar-refractivity contribution in [2.75, 3.05) is 33.2 Å². The molecule has 0 aliphatic heterocycles. The second-order valence-corrected chi connectivity index (χ2v) is 6.82. The zero-order chi connectivity index (χ0) is 23.6. The van der Waals surface area contributed by atoms with E-state index in [2.05, 4.69) is 15.6 Å². The van der Waals surface area contributed by atoms with Crippen LogP contribution in [0.2, 0.25) is 0 Å². The normalized spacial score (nSPS) is 10.2. The molecule has 3 aromatic rings. The second-order valence-electron chi connectivity index (χ2n) is 6.82. The number of methoxy groups -OCH3 is 3. The van der Waals surface area contributed by atoms with Crippen molar-refractivity contribution in [3.05, 3.63) is 72.1 Å². The van der Waals surface area contributed by atoms with Crippen LogP contribution in [0.1, 0.15) is 15.9 Å². The van der Waals surface area contributed by atoms with Gasteiger partial charge in [0.15, 0.2) is 23.0 Å². The molecule has 0 saturated carbocycles. The van der Waals surface area contributed by atoms with Gasteiger partial charge in [0.1, 0.15) is 6.61 Å². The van der Waals surface area contributed by atoms with Gasteiger partial charge < -0.3 is 29.6 Å². The van der Waals surface area contributed by atoms with Gasteiger partial charge in [-0.2, -0.15) is 0 Å². The summed E-state index contributed by atoms with van der Waals surface area (Å²) in [6.07, 6.45) is 3.39. The molecule has 33 heavy (non-hydrogen) atoms. The number of amides is 2. The third-order valence-electron chi connectivity index (χ3n) is 4.62. The Bertz CT molecular complexity index is 1100. The molecule has 0 unspecified atom stereocenters. The highest BCUT2D eigenvalue weighted by Crippen LogP contribution is 2.31. The van der Waals surface area contributed by atoms with E-state index in [0.717, 1.165) is 5.56 Å². The summed E-state index contributed by atoms with van der Waals surface area (Å²) in [4.78, 5) is 28.8. The van der Waals surface area contributed by atoms with E-state index in [9.17, 15) is 9.59 Å². The van der Waals surface area contributed by atoms with Gasteiger partial charge in [-0.15, -0.1) is 0 Å². The second kappa shape index (κ2) is 11.4. The molecule has 3 rings (SSSR count). The van der Waals surface area contributed by atoms with Gasteiger partial charge in [0.05, 0.1) is 27.9 Å². The molecule has 2 amide bonds. The van der Waals surface area contributed by atoms with Crippen molar-refractivity contribution in [2.24, 2.45) is 0 Å². The molecule has 9 nitrogen and oxygen atoms in total. The monoisotopic (exact) mass is 451 g/mol. The van der Waals surface area contributed by atoms with Crippen LogP contribution in [0.3, 0.4) is 0 Å². The maximum absolute atomic E-state index is 12.4. The van der Waals surface area contributed by atoms with Crippen molar-refractivity contribution in [2.45, 2.75) is 6.61 Å². The lowest BCUT2D eigenvalue weighted by Gasteiger charge is -2.13. The van der Waals surface area contributed by atoms with Crippen molar-refractivity contribution in [3.63, 3.8) is 0 Å². The molecule has 0 bridgehead atoms. The van der Waals surface area contributed by atoms with Crippen LogP contribution in [-0.2, 0) is 11.4 Å². The van der Waals surface area contributed by atoms with Crippen LogP contribution >= 0.6 is 0 Å². The summed E-state index contributed by atoms with van der Waals surface area (Å²) < 4.78 is 21.5. The first-order valence-electron chi connectivity index (χ1n) is 10.0. The van der Waals surface area contributed by atoms with Crippen LogP contribution in [0, 0.1) is 0 Å². The lowest BCUT2D eigenvalue weighted by molar-refractivity contribution is -0.115. The third kappa shape index (κ3) is 6.36.